The number of esters is 1. The Hall–Kier alpha value is -1.10. The molecule has 1 aliphatic rings. The highest BCUT2D eigenvalue weighted by Gasteiger charge is 2.24. The summed E-state index contributed by atoms with van der Waals surface area (Å²) < 4.78 is 4.78. The highest BCUT2D eigenvalue weighted by atomic mass is 16.5. The van der Waals surface area contributed by atoms with Crippen molar-refractivity contribution in [3.8, 4) is 0 Å². The summed E-state index contributed by atoms with van der Waals surface area (Å²) in [5, 5.41) is 2.77. The van der Waals surface area contributed by atoms with Crippen molar-refractivity contribution in [3.63, 3.8) is 0 Å². The van der Waals surface area contributed by atoms with Crippen molar-refractivity contribution < 1.29 is 14.3 Å². The van der Waals surface area contributed by atoms with Gasteiger partial charge in [-0.05, 0) is 26.2 Å². The predicted molar refractivity (Wildman–Crippen MR) is 64.2 cm³/mol. The third kappa shape index (κ3) is 5.17. The van der Waals surface area contributed by atoms with Crippen LogP contribution >= 0.6 is 0 Å². The lowest BCUT2D eigenvalue weighted by Gasteiger charge is -2.25. The molecule has 2 atom stereocenters. The fraction of sp³-hybridized carbons (Fsp3) is 0.833. The van der Waals surface area contributed by atoms with E-state index >= 15 is 0 Å². The van der Waals surface area contributed by atoms with Gasteiger partial charge in [-0.1, -0.05) is 6.42 Å². The van der Waals surface area contributed by atoms with Crippen molar-refractivity contribution >= 4 is 11.9 Å². The minimum atomic E-state index is -0.270. The predicted octanol–water partition coefficient (Wildman–Crippen LogP) is 0.573. The van der Waals surface area contributed by atoms with Gasteiger partial charge in [-0.25, -0.2) is 0 Å². The highest BCUT2D eigenvalue weighted by Crippen LogP contribution is 2.22. The lowest BCUT2D eigenvalue weighted by Crippen LogP contribution is -2.38. The molecule has 0 spiro atoms. The molecule has 0 bridgehead atoms. The Morgan fingerprint density at radius 3 is 2.82 bits per heavy atom. The minimum Gasteiger partial charge on any atom is -0.466 e. The average Bonchev–Trinajstić information content (AvgIpc) is 2.29. The van der Waals surface area contributed by atoms with E-state index < -0.39 is 0 Å². The largest absolute Gasteiger partial charge is 0.466 e. The van der Waals surface area contributed by atoms with Crippen LogP contribution in [-0.4, -0.2) is 31.1 Å². The molecule has 2 unspecified atom stereocenters. The van der Waals surface area contributed by atoms with Gasteiger partial charge in [-0.15, -0.1) is 0 Å². The van der Waals surface area contributed by atoms with Crippen LogP contribution in [0, 0.1) is 5.92 Å². The Kier molecular flexibility index (Phi) is 5.97. The first-order valence-corrected chi connectivity index (χ1v) is 6.32. The number of nitrogens with one attached hydrogen (secondary N) is 1. The van der Waals surface area contributed by atoms with Crippen molar-refractivity contribution in [2.45, 2.75) is 45.1 Å². The van der Waals surface area contributed by atoms with Gasteiger partial charge in [0.2, 0.25) is 5.91 Å². The fourth-order valence-electron chi connectivity index (χ4n) is 2.13. The van der Waals surface area contributed by atoms with Crippen molar-refractivity contribution in [1.29, 1.82) is 0 Å². The Morgan fingerprint density at radius 1 is 1.41 bits per heavy atom. The molecule has 0 radical (unpaired) electrons. The maximum Gasteiger partial charge on any atom is 0.307 e. The van der Waals surface area contributed by atoms with Gasteiger partial charge in [0, 0.05) is 18.5 Å². The molecule has 5 heteroatoms. The zero-order chi connectivity index (χ0) is 12.7. The van der Waals surface area contributed by atoms with Crippen LogP contribution in [0.25, 0.3) is 0 Å². The van der Waals surface area contributed by atoms with E-state index in [2.05, 4.69) is 5.32 Å². The molecule has 0 aromatic carbocycles. The van der Waals surface area contributed by atoms with Crippen LogP contribution in [0.15, 0.2) is 0 Å². The molecule has 1 aliphatic carbocycles. The number of amides is 1. The summed E-state index contributed by atoms with van der Waals surface area (Å²) >= 11 is 0. The molecular weight excluding hydrogens is 220 g/mol. The maximum atomic E-state index is 11.8. The minimum absolute atomic E-state index is 0.0148. The van der Waals surface area contributed by atoms with Gasteiger partial charge >= 0.3 is 5.97 Å². The normalized spacial score (nSPS) is 24.1. The maximum absolute atomic E-state index is 11.8. The molecule has 98 valence electrons. The first-order chi connectivity index (χ1) is 8.13. The topological polar surface area (TPSA) is 81.4 Å². The lowest BCUT2D eigenvalue weighted by atomic mass is 9.85. The van der Waals surface area contributed by atoms with Crippen LogP contribution < -0.4 is 11.1 Å². The van der Waals surface area contributed by atoms with E-state index in [1.165, 1.54) is 0 Å². The van der Waals surface area contributed by atoms with E-state index in [-0.39, 0.29) is 30.3 Å². The number of ether oxygens (including phenoxy) is 1. The first-order valence-electron chi connectivity index (χ1n) is 6.32. The number of hydrogen-bond acceptors (Lipinski definition) is 4. The average molecular weight is 242 g/mol. The van der Waals surface area contributed by atoms with E-state index in [1.807, 2.05) is 0 Å². The fourth-order valence-corrected chi connectivity index (χ4v) is 2.13. The molecule has 1 rings (SSSR count). The number of nitrogens with two attached hydrogens (primary N) is 1. The Bertz CT molecular complexity index is 268. The second kappa shape index (κ2) is 7.27. The van der Waals surface area contributed by atoms with Gasteiger partial charge in [0.1, 0.15) is 0 Å². The summed E-state index contributed by atoms with van der Waals surface area (Å²) in [5.74, 6) is -0.237. The van der Waals surface area contributed by atoms with Crippen LogP contribution in [0.5, 0.6) is 0 Å². The van der Waals surface area contributed by atoms with Crippen LogP contribution in [0.4, 0.5) is 0 Å². The summed E-state index contributed by atoms with van der Waals surface area (Å²) in [6, 6.07) is 0.143. The number of rotatable bonds is 5. The van der Waals surface area contributed by atoms with Crippen molar-refractivity contribution in [1.82, 2.24) is 5.32 Å². The standard InChI is InChI=1S/C12H22N2O3/c1-2-17-11(15)6-7-14-12(16)9-4-3-5-10(13)8-9/h9-10H,2-8,13H2,1H3,(H,14,16). The summed E-state index contributed by atoms with van der Waals surface area (Å²) in [5.41, 5.74) is 5.83. The van der Waals surface area contributed by atoms with E-state index in [9.17, 15) is 9.59 Å². The number of carbonyl (C=O) groups excluding carboxylic acids is 2. The van der Waals surface area contributed by atoms with Crippen LogP contribution in [0.2, 0.25) is 0 Å². The molecule has 1 amide bonds. The summed E-state index contributed by atoms with van der Waals surface area (Å²) in [6.07, 6.45) is 3.91. The second-order valence-electron chi connectivity index (χ2n) is 4.47. The molecule has 0 aliphatic heterocycles. The van der Waals surface area contributed by atoms with Gasteiger partial charge in [0.25, 0.3) is 0 Å². The van der Waals surface area contributed by atoms with Gasteiger partial charge in [0.15, 0.2) is 0 Å². The van der Waals surface area contributed by atoms with Gasteiger partial charge in [-0.3, -0.25) is 9.59 Å². The number of carbonyl (C=O) groups is 2. The molecule has 0 aromatic rings. The first kappa shape index (κ1) is 14.0. The van der Waals surface area contributed by atoms with Crippen molar-refractivity contribution in [2.75, 3.05) is 13.2 Å². The third-order valence-corrected chi connectivity index (χ3v) is 3.02. The Labute approximate surface area is 102 Å². The zero-order valence-electron chi connectivity index (χ0n) is 10.4. The van der Waals surface area contributed by atoms with Crippen LogP contribution in [0.3, 0.4) is 0 Å². The molecule has 1 saturated carbocycles. The van der Waals surface area contributed by atoms with Gasteiger partial charge in [0.05, 0.1) is 13.0 Å². The lowest BCUT2D eigenvalue weighted by molar-refractivity contribution is -0.143. The van der Waals surface area contributed by atoms with Gasteiger partial charge in [-0.2, -0.15) is 0 Å². The van der Waals surface area contributed by atoms with E-state index in [0.29, 0.717) is 13.2 Å². The molecule has 1 fully saturated rings. The Balaban J connectivity index is 2.18. The zero-order valence-corrected chi connectivity index (χ0v) is 10.4. The van der Waals surface area contributed by atoms with Crippen molar-refractivity contribution in [3.05, 3.63) is 0 Å². The molecular formula is C12H22N2O3. The monoisotopic (exact) mass is 242 g/mol. The molecule has 0 saturated heterocycles. The van der Waals surface area contributed by atoms with E-state index in [0.717, 1.165) is 25.7 Å². The summed E-state index contributed by atoms with van der Waals surface area (Å²) in [7, 11) is 0. The van der Waals surface area contributed by atoms with Gasteiger partial charge < -0.3 is 15.8 Å². The quantitative estimate of drug-likeness (QED) is 0.691. The summed E-state index contributed by atoms with van der Waals surface area (Å²) in [4.78, 5) is 22.8. The molecule has 5 nitrogen and oxygen atoms in total. The highest BCUT2D eigenvalue weighted by molar-refractivity contribution is 5.79. The van der Waals surface area contributed by atoms with E-state index in [1.54, 1.807) is 6.92 Å². The van der Waals surface area contributed by atoms with E-state index in [4.69, 9.17) is 10.5 Å². The summed E-state index contributed by atoms with van der Waals surface area (Å²) in [6.45, 7) is 2.49. The Morgan fingerprint density at radius 2 is 2.18 bits per heavy atom. The third-order valence-electron chi connectivity index (χ3n) is 3.02. The number of hydrogen-bond donors (Lipinski definition) is 2. The van der Waals surface area contributed by atoms with Crippen LogP contribution in [0.1, 0.15) is 39.0 Å². The second-order valence-corrected chi connectivity index (χ2v) is 4.47. The molecule has 0 aromatic heterocycles. The molecule has 17 heavy (non-hydrogen) atoms. The smallest absolute Gasteiger partial charge is 0.307 e. The molecule has 0 heterocycles. The van der Waals surface area contributed by atoms with Crippen molar-refractivity contribution in [2.24, 2.45) is 11.7 Å². The molecule has 3 N–H and O–H groups in total. The van der Waals surface area contributed by atoms with Crippen LogP contribution in [-0.2, 0) is 14.3 Å². The SMILES string of the molecule is CCOC(=O)CCNC(=O)C1CCCC(N)C1.